The van der Waals surface area contributed by atoms with Gasteiger partial charge in [-0.25, -0.2) is 0 Å². The van der Waals surface area contributed by atoms with Crippen LogP contribution >= 0.6 is 0 Å². The van der Waals surface area contributed by atoms with E-state index < -0.39 is 24.5 Å². The van der Waals surface area contributed by atoms with E-state index in [0.29, 0.717) is 0 Å². The lowest BCUT2D eigenvalue weighted by molar-refractivity contribution is -0.118. The summed E-state index contributed by atoms with van der Waals surface area (Å²) in [6.45, 7) is -1.49. The van der Waals surface area contributed by atoms with E-state index in [9.17, 15) is 22.9 Å². The molecule has 1 amide bonds. The molecule has 0 atom stereocenters. The summed E-state index contributed by atoms with van der Waals surface area (Å²) < 4.78 is 35.8. The normalized spacial score (nSPS) is 12.3. The Morgan fingerprint density at radius 2 is 1.67 bits per heavy atom. The zero-order valence-electron chi connectivity index (χ0n) is 8.94. The Hall–Kier alpha value is -2.25. The van der Waals surface area contributed by atoms with Crippen LogP contribution in [0.2, 0.25) is 0 Å². The van der Waals surface area contributed by atoms with Crippen molar-refractivity contribution in [2.75, 3.05) is 6.54 Å². The van der Waals surface area contributed by atoms with E-state index >= 15 is 0 Å². The number of amides is 1. The first-order valence-electron chi connectivity index (χ1n) is 4.68. The molecule has 8 heteroatoms. The molecule has 0 aliphatic heterocycles. The highest BCUT2D eigenvalue weighted by molar-refractivity contribution is 6.00. The summed E-state index contributed by atoms with van der Waals surface area (Å²) in [6, 6.07) is 5.03. The Bertz CT molecular complexity index is 480. The van der Waals surface area contributed by atoms with Crippen LogP contribution < -0.4 is 5.73 Å². The molecule has 0 heterocycles. The van der Waals surface area contributed by atoms with Gasteiger partial charge in [0.1, 0.15) is 6.54 Å². The van der Waals surface area contributed by atoms with E-state index in [-0.39, 0.29) is 11.1 Å². The highest BCUT2D eigenvalue weighted by Gasteiger charge is 2.27. The zero-order chi connectivity index (χ0) is 13.8. The average Bonchev–Trinajstić information content (AvgIpc) is 2.29. The molecule has 1 aromatic carbocycles. The van der Waals surface area contributed by atoms with Crippen LogP contribution in [0.5, 0.6) is 0 Å². The van der Waals surface area contributed by atoms with E-state index in [2.05, 4.69) is 10.2 Å². The van der Waals surface area contributed by atoms with Gasteiger partial charge in [-0.3, -0.25) is 9.79 Å². The largest absolute Gasteiger partial charge is 0.408 e. The number of primary amides is 1. The minimum Gasteiger partial charge on any atom is -0.366 e. The summed E-state index contributed by atoms with van der Waals surface area (Å²) in [5.74, 6) is -1.27. The van der Waals surface area contributed by atoms with Crippen LogP contribution in [0.25, 0.3) is 0 Å². The number of nitrogens with two attached hydrogens (primary N) is 1. The fraction of sp³-hybridized carbons (Fsp3) is 0.200. The third kappa shape index (κ3) is 3.96. The quantitative estimate of drug-likeness (QED) is 0.510. The van der Waals surface area contributed by atoms with Crippen molar-refractivity contribution in [3.8, 4) is 0 Å². The van der Waals surface area contributed by atoms with Gasteiger partial charge in [0.05, 0.1) is 0 Å². The molecule has 0 saturated carbocycles. The first-order valence-corrected chi connectivity index (χ1v) is 4.68. The van der Waals surface area contributed by atoms with Crippen LogP contribution in [0.4, 0.5) is 13.2 Å². The lowest BCUT2D eigenvalue weighted by atomic mass is 10.1. The molecule has 0 aliphatic rings. The molecule has 1 rings (SSSR count). The molecule has 2 N–H and O–H groups in total. The van der Waals surface area contributed by atoms with Crippen molar-refractivity contribution in [2.24, 2.45) is 15.9 Å². The zero-order valence-corrected chi connectivity index (χ0v) is 8.94. The monoisotopic (exact) mass is 259 g/mol. The summed E-state index contributed by atoms with van der Waals surface area (Å²) in [6.07, 6.45) is -4.51. The van der Waals surface area contributed by atoms with Crippen molar-refractivity contribution in [2.45, 2.75) is 6.18 Å². The third-order valence-corrected chi connectivity index (χ3v) is 1.92. The fourth-order valence-electron chi connectivity index (χ4n) is 1.12. The van der Waals surface area contributed by atoms with Crippen LogP contribution in [-0.4, -0.2) is 24.5 Å². The number of benzene rings is 1. The van der Waals surface area contributed by atoms with Gasteiger partial charge in [0.15, 0.2) is 5.84 Å². The standard InChI is InChI=1S/C10H8F3N3O2/c11-10(12,13)5-15-9(16-18)7-3-1-6(2-4-7)8(14)17/h1-4H,5H2,(H2,14,17). The second-order valence-corrected chi connectivity index (χ2v) is 3.29. The van der Waals surface area contributed by atoms with Gasteiger partial charge in [-0.15, -0.1) is 4.91 Å². The van der Waals surface area contributed by atoms with Crippen LogP contribution in [-0.2, 0) is 0 Å². The fourth-order valence-corrected chi connectivity index (χ4v) is 1.12. The number of amidine groups is 1. The number of carbonyl (C=O) groups is 1. The lowest BCUT2D eigenvalue weighted by Crippen LogP contribution is -2.14. The number of nitrogens with zero attached hydrogens (tertiary/aromatic N) is 2. The number of carbonyl (C=O) groups excluding carboxylic acids is 1. The average molecular weight is 259 g/mol. The van der Waals surface area contributed by atoms with Crippen molar-refractivity contribution in [3.05, 3.63) is 40.3 Å². The molecule has 1 aromatic rings. The molecular formula is C10H8F3N3O2. The number of rotatable bonds is 3. The number of hydrogen-bond donors (Lipinski definition) is 1. The number of hydrogen-bond acceptors (Lipinski definition) is 3. The van der Waals surface area contributed by atoms with Crippen LogP contribution in [0, 0.1) is 4.91 Å². The minimum absolute atomic E-state index is 0.0826. The van der Waals surface area contributed by atoms with Crippen molar-refractivity contribution in [1.82, 2.24) is 0 Å². The van der Waals surface area contributed by atoms with E-state index in [0.717, 1.165) is 0 Å². The first kappa shape index (κ1) is 13.8. The Morgan fingerprint density at radius 3 is 2.06 bits per heavy atom. The topological polar surface area (TPSA) is 84.9 Å². The molecule has 0 spiro atoms. The number of nitroso groups, excluding NO2 is 1. The number of halogens is 3. The maximum Gasteiger partial charge on any atom is 0.408 e. The van der Waals surface area contributed by atoms with Gasteiger partial charge in [-0.1, -0.05) is 12.1 Å². The molecule has 96 valence electrons. The van der Waals surface area contributed by atoms with E-state index in [4.69, 9.17) is 5.73 Å². The minimum atomic E-state index is -4.51. The first-order chi connectivity index (χ1) is 8.33. The highest BCUT2D eigenvalue weighted by atomic mass is 19.4. The van der Waals surface area contributed by atoms with Gasteiger partial charge in [-0.05, 0) is 17.3 Å². The predicted molar refractivity (Wildman–Crippen MR) is 58.2 cm³/mol. The van der Waals surface area contributed by atoms with Crippen LogP contribution in [0.1, 0.15) is 15.9 Å². The molecule has 0 aliphatic carbocycles. The summed E-state index contributed by atoms with van der Waals surface area (Å²) in [7, 11) is 0. The maximum absolute atomic E-state index is 11.9. The van der Waals surface area contributed by atoms with E-state index in [1.54, 1.807) is 0 Å². The lowest BCUT2D eigenvalue weighted by Gasteiger charge is -2.03. The van der Waals surface area contributed by atoms with Gasteiger partial charge in [-0.2, -0.15) is 13.2 Å². The van der Waals surface area contributed by atoms with Crippen molar-refractivity contribution in [1.29, 1.82) is 0 Å². The van der Waals surface area contributed by atoms with Gasteiger partial charge in [0.2, 0.25) is 5.91 Å². The summed E-state index contributed by atoms with van der Waals surface area (Å²) in [5, 5.41) is 2.42. The second-order valence-electron chi connectivity index (χ2n) is 3.29. The van der Waals surface area contributed by atoms with Gasteiger partial charge in [0, 0.05) is 11.1 Å². The van der Waals surface area contributed by atoms with E-state index in [1.807, 2.05) is 0 Å². The summed E-state index contributed by atoms with van der Waals surface area (Å²) in [4.78, 5) is 24.2. The molecule has 0 bridgehead atoms. The molecule has 0 unspecified atom stereocenters. The SMILES string of the molecule is NC(=O)c1ccc(C(N=O)=NCC(F)(F)F)cc1. The van der Waals surface area contributed by atoms with Crippen molar-refractivity contribution >= 4 is 11.7 Å². The Balaban J connectivity index is 2.96. The molecule has 0 aromatic heterocycles. The van der Waals surface area contributed by atoms with Gasteiger partial charge < -0.3 is 5.73 Å². The molecule has 5 nitrogen and oxygen atoms in total. The molecular weight excluding hydrogens is 251 g/mol. The second kappa shape index (κ2) is 5.39. The number of aliphatic imine (C=N–C) groups is 1. The summed E-state index contributed by atoms with van der Waals surface area (Å²) in [5.41, 5.74) is 5.23. The summed E-state index contributed by atoms with van der Waals surface area (Å²) >= 11 is 0. The van der Waals surface area contributed by atoms with Crippen LogP contribution in [0.15, 0.2) is 34.4 Å². The Labute approximate surface area is 99.5 Å². The van der Waals surface area contributed by atoms with Gasteiger partial charge >= 0.3 is 6.18 Å². The molecule has 18 heavy (non-hydrogen) atoms. The molecule has 0 fully saturated rings. The van der Waals surface area contributed by atoms with E-state index in [1.165, 1.54) is 24.3 Å². The molecule has 0 radical (unpaired) electrons. The Morgan fingerprint density at radius 1 is 1.17 bits per heavy atom. The molecule has 0 saturated heterocycles. The maximum atomic E-state index is 11.9. The smallest absolute Gasteiger partial charge is 0.366 e. The van der Waals surface area contributed by atoms with Gasteiger partial charge in [0.25, 0.3) is 0 Å². The highest BCUT2D eigenvalue weighted by Crippen LogP contribution is 2.15. The predicted octanol–water partition coefficient (Wildman–Crippen LogP) is 1.86. The van der Waals surface area contributed by atoms with Crippen molar-refractivity contribution < 1.29 is 18.0 Å². The number of alkyl halides is 3. The third-order valence-electron chi connectivity index (χ3n) is 1.92. The Kier molecular flexibility index (Phi) is 4.13. The van der Waals surface area contributed by atoms with Crippen LogP contribution in [0.3, 0.4) is 0 Å². The van der Waals surface area contributed by atoms with Crippen molar-refractivity contribution in [3.63, 3.8) is 0 Å².